The monoisotopic (exact) mass is 445 g/mol. The van der Waals surface area contributed by atoms with E-state index in [0.717, 1.165) is 12.0 Å². The Bertz CT molecular complexity index is 1080. The van der Waals surface area contributed by atoms with Gasteiger partial charge in [-0.1, -0.05) is 42.5 Å². The topological polar surface area (TPSA) is 74.7 Å². The molecular weight excluding hydrogens is 418 g/mol. The van der Waals surface area contributed by atoms with Gasteiger partial charge in [0.05, 0.1) is 25.3 Å². The molecule has 6 nitrogen and oxygen atoms in total. The fourth-order valence-electron chi connectivity index (χ4n) is 3.36. The molecule has 6 heteroatoms. The number of aromatic nitrogens is 1. The van der Waals surface area contributed by atoms with E-state index in [-0.39, 0.29) is 12.1 Å². The molecule has 0 aliphatic rings. The zero-order valence-electron chi connectivity index (χ0n) is 18.8. The van der Waals surface area contributed by atoms with Gasteiger partial charge in [-0.05, 0) is 48.7 Å². The number of hydrogen-bond acceptors (Lipinski definition) is 6. The molecule has 33 heavy (non-hydrogen) atoms. The number of methoxy groups -OCH3 is 2. The lowest BCUT2D eigenvalue weighted by molar-refractivity contribution is 0.0289. The molecule has 0 N–H and O–H groups in total. The van der Waals surface area contributed by atoms with Crippen molar-refractivity contribution in [1.82, 2.24) is 4.98 Å². The summed E-state index contributed by atoms with van der Waals surface area (Å²) >= 11 is 0. The highest BCUT2D eigenvalue weighted by Crippen LogP contribution is 2.23. The van der Waals surface area contributed by atoms with Crippen LogP contribution in [-0.4, -0.2) is 37.2 Å². The third-order valence-corrected chi connectivity index (χ3v) is 5.13. The van der Waals surface area contributed by atoms with Gasteiger partial charge in [0, 0.05) is 24.4 Å². The zero-order valence-corrected chi connectivity index (χ0v) is 18.8. The Morgan fingerprint density at radius 2 is 1.70 bits per heavy atom. The number of carbonyl (C=O) groups excluding carboxylic acids is 2. The van der Waals surface area contributed by atoms with Crippen LogP contribution >= 0.6 is 0 Å². The van der Waals surface area contributed by atoms with Crippen LogP contribution in [0.3, 0.4) is 0 Å². The number of esters is 2. The molecule has 1 aromatic heterocycles. The minimum atomic E-state index is -0.417. The largest absolute Gasteiger partial charge is 0.496 e. The van der Waals surface area contributed by atoms with Crippen molar-refractivity contribution in [3.05, 3.63) is 101 Å². The number of rotatable bonds is 10. The van der Waals surface area contributed by atoms with Crippen molar-refractivity contribution in [1.29, 1.82) is 0 Å². The maximum Gasteiger partial charge on any atom is 0.338 e. The molecule has 0 aliphatic carbocycles. The van der Waals surface area contributed by atoms with E-state index in [4.69, 9.17) is 14.2 Å². The molecule has 3 rings (SSSR count). The summed E-state index contributed by atoms with van der Waals surface area (Å²) in [6, 6.07) is 18.4. The van der Waals surface area contributed by atoms with Gasteiger partial charge in [-0.3, -0.25) is 4.98 Å². The molecule has 0 aliphatic heterocycles. The van der Waals surface area contributed by atoms with Crippen LogP contribution in [0.4, 0.5) is 0 Å². The Labute approximate surface area is 193 Å². The van der Waals surface area contributed by atoms with Crippen LogP contribution in [0.1, 0.15) is 44.7 Å². The summed E-state index contributed by atoms with van der Waals surface area (Å²) in [6.45, 7) is 0. The van der Waals surface area contributed by atoms with Gasteiger partial charge in [-0.15, -0.1) is 0 Å². The molecule has 1 unspecified atom stereocenters. The van der Waals surface area contributed by atoms with Gasteiger partial charge in [-0.25, -0.2) is 9.59 Å². The van der Waals surface area contributed by atoms with E-state index in [1.165, 1.54) is 12.7 Å². The highest BCUT2D eigenvalue weighted by molar-refractivity contribution is 5.90. The van der Waals surface area contributed by atoms with E-state index >= 15 is 0 Å². The fourth-order valence-corrected chi connectivity index (χ4v) is 3.36. The number of nitrogens with zero attached hydrogens (tertiary/aromatic N) is 1. The second kappa shape index (κ2) is 12.2. The first-order valence-corrected chi connectivity index (χ1v) is 10.7. The van der Waals surface area contributed by atoms with Crippen LogP contribution < -0.4 is 4.74 Å². The van der Waals surface area contributed by atoms with E-state index in [2.05, 4.69) is 17.1 Å². The molecule has 3 aromatic rings. The average molecular weight is 446 g/mol. The highest BCUT2D eigenvalue weighted by Gasteiger charge is 2.16. The minimum Gasteiger partial charge on any atom is -0.496 e. The van der Waals surface area contributed by atoms with Crippen molar-refractivity contribution < 1.29 is 23.8 Å². The normalized spacial score (nSPS) is 11.7. The Balaban J connectivity index is 1.74. The molecule has 0 radical (unpaired) electrons. The number of ether oxygens (including phenoxy) is 3. The first-order chi connectivity index (χ1) is 16.1. The van der Waals surface area contributed by atoms with E-state index in [1.807, 2.05) is 30.4 Å². The SMILES string of the molecule is COC(=O)c1ccc(OC)c(/C=C\CC(CCc2ccccc2)OC(=O)c2ccncc2)c1. The van der Waals surface area contributed by atoms with Gasteiger partial charge in [0.1, 0.15) is 11.9 Å². The van der Waals surface area contributed by atoms with Gasteiger partial charge < -0.3 is 14.2 Å². The molecule has 2 aromatic carbocycles. The van der Waals surface area contributed by atoms with Gasteiger partial charge in [0.15, 0.2) is 0 Å². The predicted molar refractivity (Wildman–Crippen MR) is 126 cm³/mol. The molecule has 0 amide bonds. The van der Waals surface area contributed by atoms with Crippen LogP contribution in [0.5, 0.6) is 5.75 Å². The standard InChI is InChI=1S/C27H27NO5/c1-31-25-14-12-23(26(29)32-2)19-22(25)9-6-10-24(13-11-20-7-4-3-5-8-20)33-27(30)21-15-17-28-18-16-21/h3-9,12,14-19,24H,10-11,13H2,1-2H3/b9-6-. The van der Waals surface area contributed by atoms with Crippen molar-refractivity contribution in [3.63, 3.8) is 0 Å². The predicted octanol–water partition coefficient (Wildman–Crippen LogP) is 5.14. The first kappa shape index (κ1) is 23.7. The number of hydrogen-bond donors (Lipinski definition) is 0. The molecule has 0 fully saturated rings. The third-order valence-electron chi connectivity index (χ3n) is 5.13. The summed E-state index contributed by atoms with van der Waals surface area (Å²) in [5, 5.41) is 0. The summed E-state index contributed by atoms with van der Waals surface area (Å²) in [6.07, 6.45) is 8.56. The highest BCUT2D eigenvalue weighted by atomic mass is 16.5. The molecule has 0 saturated carbocycles. The van der Waals surface area contributed by atoms with Crippen LogP contribution in [0, 0.1) is 0 Å². The van der Waals surface area contributed by atoms with Crippen LogP contribution in [0.2, 0.25) is 0 Å². The third kappa shape index (κ3) is 7.04. The number of aryl methyl sites for hydroxylation is 1. The van der Waals surface area contributed by atoms with Crippen LogP contribution in [0.15, 0.2) is 79.1 Å². The van der Waals surface area contributed by atoms with Crippen LogP contribution in [0.25, 0.3) is 6.08 Å². The lowest BCUT2D eigenvalue weighted by Gasteiger charge is -2.17. The molecule has 0 bridgehead atoms. The van der Waals surface area contributed by atoms with Crippen molar-refractivity contribution >= 4 is 18.0 Å². The van der Waals surface area contributed by atoms with Gasteiger partial charge >= 0.3 is 11.9 Å². The Hall–Kier alpha value is -3.93. The van der Waals surface area contributed by atoms with Crippen molar-refractivity contribution in [3.8, 4) is 5.75 Å². The Kier molecular flexibility index (Phi) is 8.77. The summed E-state index contributed by atoms with van der Waals surface area (Å²) in [5.74, 6) is -0.165. The maximum absolute atomic E-state index is 12.6. The lowest BCUT2D eigenvalue weighted by Crippen LogP contribution is -2.18. The number of benzene rings is 2. The molecule has 0 spiro atoms. The molecule has 170 valence electrons. The van der Waals surface area contributed by atoms with E-state index in [1.54, 1.807) is 49.8 Å². The smallest absolute Gasteiger partial charge is 0.338 e. The summed E-state index contributed by atoms with van der Waals surface area (Å²) in [5.41, 5.74) is 2.82. The zero-order chi connectivity index (χ0) is 23.5. The van der Waals surface area contributed by atoms with Crippen molar-refractivity contribution in [2.24, 2.45) is 0 Å². The number of carbonyl (C=O) groups is 2. The molecule has 0 saturated heterocycles. The number of pyridine rings is 1. The van der Waals surface area contributed by atoms with Crippen molar-refractivity contribution in [2.75, 3.05) is 14.2 Å². The van der Waals surface area contributed by atoms with Crippen molar-refractivity contribution in [2.45, 2.75) is 25.4 Å². The molecule has 1 heterocycles. The maximum atomic E-state index is 12.6. The summed E-state index contributed by atoms with van der Waals surface area (Å²) in [4.78, 5) is 28.4. The average Bonchev–Trinajstić information content (AvgIpc) is 2.87. The van der Waals surface area contributed by atoms with Gasteiger partial charge in [0.2, 0.25) is 0 Å². The summed E-state index contributed by atoms with van der Waals surface area (Å²) < 4.78 is 16.0. The first-order valence-electron chi connectivity index (χ1n) is 10.7. The second-order valence-corrected chi connectivity index (χ2v) is 7.37. The Morgan fingerprint density at radius 1 is 0.939 bits per heavy atom. The van der Waals surface area contributed by atoms with Gasteiger partial charge in [0.25, 0.3) is 0 Å². The van der Waals surface area contributed by atoms with E-state index < -0.39 is 5.97 Å². The molecule has 1 atom stereocenters. The van der Waals surface area contributed by atoms with E-state index in [0.29, 0.717) is 29.7 Å². The van der Waals surface area contributed by atoms with Gasteiger partial charge in [-0.2, -0.15) is 0 Å². The van der Waals surface area contributed by atoms with E-state index in [9.17, 15) is 9.59 Å². The quantitative estimate of drug-likeness (QED) is 0.402. The summed E-state index contributed by atoms with van der Waals surface area (Å²) in [7, 11) is 2.92. The van der Waals surface area contributed by atoms with Crippen LogP contribution in [-0.2, 0) is 15.9 Å². The minimum absolute atomic E-state index is 0.322. The Morgan fingerprint density at radius 3 is 2.39 bits per heavy atom. The lowest BCUT2D eigenvalue weighted by atomic mass is 10.0. The second-order valence-electron chi connectivity index (χ2n) is 7.37. The molecular formula is C27H27NO5. The fraction of sp³-hybridized carbons (Fsp3) is 0.222.